The largest absolute Gasteiger partial charge is 0.311 e. The van der Waals surface area contributed by atoms with Crippen molar-refractivity contribution in [2.45, 2.75) is 37.5 Å². The molecule has 44 heavy (non-hydrogen) atoms. The highest BCUT2D eigenvalue weighted by atomic mass is 15.2. The zero-order chi connectivity index (χ0) is 29.3. The number of benzene rings is 6. The lowest BCUT2D eigenvalue weighted by Crippen LogP contribution is -2.37. The summed E-state index contributed by atoms with van der Waals surface area (Å²) in [5, 5.41) is 0. The molecule has 1 fully saturated rings. The van der Waals surface area contributed by atoms with Crippen LogP contribution in [0.25, 0.3) is 11.1 Å². The van der Waals surface area contributed by atoms with Crippen LogP contribution in [0.15, 0.2) is 158 Å². The molecule has 0 amide bonds. The van der Waals surface area contributed by atoms with Gasteiger partial charge in [-0.15, -0.1) is 0 Å². The van der Waals surface area contributed by atoms with Gasteiger partial charge in [-0.2, -0.15) is 0 Å². The molecule has 0 radical (unpaired) electrons. The van der Waals surface area contributed by atoms with Gasteiger partial charge >= 0.3 is 0 Å². The summed E-state index contributed by atoms with van der Waals surface area (Å²) in [7, 11) is 0. The molecule has 1 saturated carbocycles. The van der Waals surface area contributed by atoms with E-state index in [4.69, 9.17) is 0 Å². The Morgan fingerprint density at radius 3 is 1.61 bits per heavy atom. The van der Waals surface area contributed by atoms with E-state index in [2.05, 4.69) is 168 Å². The molecule has 0 N–H and O–H groups in total. The third kappa shape index (κ3) is 4.50. The number of rotatable bonds is 5. The number of nitrogens with zero attached hydrogens (tertiary/aromatic N) is 2. The van der Waals surface area contributed by atoms with Crippen LogP contribution in [0.1, 0.15) is 43.2 Å². The highest BCUT2D eigenvalue weighted by Crippen LogP contribution is 2.57. The van der Waals surface area contributed by atoms with Gasteiger partial charge in [-0.05, 0) is 102 Å². The van der Waals surface area contributed by atoms with Crippen molar-refractivity contribution in [3.05, 3.63) is 169 Å². The zero-order valence-corrected chi connectivity index (χ0v) is 24.9. The molecule has 8 rings (SSSR count). The minimum atomic E-state index is 0.0445. The van der Waals surface area contributed by atoms with Crippen LogP contribution in [0, 0.1) is 0 Å². The lowest BCUT2D eigenvalue weighted by molar-refractivity contribution is 0.344. The molecule has 0 atom stereocenters. The summed E-state index contributed by atoms with van der Waals surface area (Å²) in [5.74, 6) is 0. The summed E-state index contributed by atoms with van der Waals surface area (Å²) < 4.78 is 0. The lowest BCUT2D eigenvalue weighted by atomic mass is 9.62. The standard InChI is InChI=1S/C42H36N2/c1-5-15-34(16-6-1)43(35-17-7-2-8-18-35)37-26-23-32(24-27-37)33-25-28-41-39(31-33)42(29-13-4-14-30-42)38-21-11-12-22-40(38)44(41)36-19-9-3-10-20-36/h1-3,5-12,15-28,31H,4,13-14,29-30H2. The van der Waals surface area contributed by atoms with E-state index in [0.29, 0.717) is 0 Å². The summed E-state index contributed by atoms with van der Waals surface area (Å²) in [4.78, 5) is 4.80. The number of fused-ring (bicyclic) bond motifs is 4. The molecule has 2 aliphatic rings. The molecule has 2 heteroatoms. The van der Waals surface area contributed by atoms with Crippen molar-refractivity contribution in [1.29, 1.82) is 0 Å². The van der Waals surface area contributed by atoms with Crippen molar-refractivity contribution in [3.8, 4) is 11.1 Å². The Bertz CT molecular complexity index is 1830. The van der Waals surface area contributed by atoms with Crippen LogP contribution in [-0.2, 0) is 5.41 Å². The lowest BCUT2D eigenvalue weighted by Gasteiger charge is -2.47. The molecule has 2 nitrogen and oxygen atoms in total. The van der Waals surface area contributed by atoms with E-state index in [-0.39, 0.29) is 5.41 Å². The van der Waals surface area contributed by atoms with Crippen LogP contribution in [0.2, 0.25) is 0 Å². The van der Waals surface area contributed by atoms with Gasteiger partial charge in [0.15, 0.2) is 0 Å². The first-order valence-electron chi connectivity index (χ1n) is 15.9. The molecule has 0 aromatic heterocycles. The maximum absolute atomic E-state index is 2.51. The van der Waals surface area contributed by atoms with Crippen LogP contribution >= 0.6 is 0 Å². The third-order valence-corrected chi connectivity index (χ3v) is 9.62. The summed E-state index contributed by atoms with van der Waals surface area (Å²) >= 11 is 0. The smallest absolute Gasteiger partial charge is 0.0503 e. The fourth-order valence-corrected chi connectivity index (χ4v) is 7.60. The van der Waals surface area contributed by atoms with Crippen LogP contribution in [0.5, 0.6) is 0 Å². The Hall–Kier alpha value is -5.08. The average Bonchev–Trinajstić information content (AvgIpc) is 3.11. The van der Waals surface area contributed by atoms with Gasteiger partial charge in [0.1, 0.15) is 0 Å². The van der Waals surface area contributed by atoms with Gasteiger partial charge in [-0.25, -0.2) is 0 Å². The van der Waals surface area contributed by atoms with E-state index in [9.17, 15) is 0 Å². The molecule has 0 saturated heterocycles. The van der Waals surface area contributed by atoms with Gasteiger partial charge in [-0.3, -0.25) is 0 Å². The maximum Gasteiger partial charge on any atom is 0.0503 e. The van der Waals surface area contributed by atoms with E-state index in [1.165, 1.54) is 71.4 Å². The maximum atomic E-state index is 2.51. The second-order valence-electron chi connectivity index (χ2n) is 12.1. The second kappa shape index (κ2) is 11.2. The summed E-state index contributed by atoms with van der Waals surface area (Å²) in [6.07, 6.45) is 6.26. The minimum absolute atomic E-state index is 0.0445. The molecule has 0 bridgehead atoms. The number of hydrogen-bond donors (Lipinski definition) is 0. The molecule has 1 spiro atoms. The van der Waals surface area contributed by atoms with E-state index in [1.807, 2.05) is 0 Å². The first kappa shape index (κ1) is 26.5. The highest BCUT2D eigenvalue weighted by Gasteiger charge is 2.44. The van der Waals surface area contributed by atoms with Crippen LogP contribution in [0.3, 0.4) is 0 Å². The topological polar surface area (TPSA) is 6.48 Å². The normalized spacial score (nSPS) is 15.0. The summed E-state index contributed by atoms with van der Waals surface area (Å²) in [6, 6.07) is 57.5. The van der Waals surface area contributed by atoms with Crippen molar-refractivity contribution in [3.63, 3.8) is 0 Å². The van der Waals surface area contributed by atoms with Crippen molar-refractivity contribution >= 4 is 34.1 Å². The van der Waals surface area contributed by atoms with Crippen molar-refractivity contribution in [1.82, 2.24) is 0 Å². The first-order valence-corrected chi connectivity index (χ1v) is 15.9. The molecule has 1 aliphatic carbocycles. The van der Waals surface area contributed by atoms with E-state index in [1.54, 1.807) is 0 Å². The molecule has 1 heterocycles. The van der Waals surface area contributed by atoms with E-state index >= 15 is 0 Å². The zero-order valence-electron chi connectivity index (χ0n) is 24.9. The van der Waals surface area contributed by atoms with Crippen molar-refractivity contribution in [2.24, 2.45) is 0 Å². The van der Waals surface area contributed by atoms with Crippen LogP contribution < -0.4 is 9.80 Å². The van der Waals surface area contributed by atoms with Crippen molar-refractivity contribution in [2.75, 3.05) is 9.80 Å². The fourth-order valence-electron chi connectivity index (χ4n) is 7.60. The Morgan fingerprint density at radius 1 is 0.432 bits per heavy atom. The number of para-hydroxylation sites is 4. The van der Waals surface area contributed by atoms with E-state index < -0.39 is 0 Å². The highest BCUT2D eigenvalue weighted by molar-refractivity contribution is 5.88. The SMILES string of the molecule is c1ccc(N(c2ccccc2)c2ccc(-c3ccc4c(c3)C3(CCCCC3)c3ccccc3N4c3ccccc3)cc2)cc1. The molecule has 0 unspecified atom stereocenters. The van der Waals surface area contributed by atoms with Gasteiger partial charge in [-0.1, -0.05) is 110 Å². The van der Waals surface area contributed by atoms with Gasteiger partial charge in [0.05, 0.1) is 11.4 Å². The van der Waals surface area contributed by atoms with Gasteiger partial charge in [0, 0.05) is 28.2 Å². The quantitative estimate of drug-likeness (QED) is 0.204. The summed E-state index contributed by atoms with van der Waals surface area (Å²) in [6.45, 7) is 0. The number of hydrogen-bond acceptors (Lipinski definition) is 2. The van der Waals surface area contributed by atoms with Gasteiger partial charge in [0.2, 0.25) is 0 Å². The third-order valence-electron chi connectivity index (χ3n) is 9.62. The van der Waals surface area contributed by atoms with E-state index in [0.717, 1.165) is 17.1 Å². The molecule has 6 aromatic rings. The molecule has 214 valence electrons. The summed E-state index contributed by atoms with van der Waals surface area (Å²) in [5.41, 5.74) is 12.8. The minimum Gasteiger partial charge on any atom is -0.311 e. The monoisotopic (exact) mass is 568 g/mol. The Morgan fingerprint density at radius 2 is 0.955 bits per heavy atom. The predicted molar refractivity (Wildman–Crippen MR) is 185 cm³/mol. The van der Waals surface area contributed by atoms with Gasteiger partial charge < -0.3 is 9.80 Å². The Labute approximate surface area is 260 Å². The molecule has 6 aromatic carbocycles. The Balaban J connectivity index is 1.24. The molecular formula is C42H36N2. The molecule has 1 aliphatic heterocycles. The predicted octanol–water partition coefficient (Wildman–Crippen LogP) is 11.9. The van der Waals surface area contributed by atoms with Crippen LogP contribution in [-0.4, -0.2) is 0 Å². The number of anilines is 6. The van der Waals surface area contributed by atoms with Gasteiger partial charge in [0.25, 0.3) is 0 Å². The Kier molecular flexibility index (Phi) is 6.76. The average molecular weight is 569 g/mol. The second-order valence-corrected chi connectivity index (χ2v) is 12.1. The van der Waals surface area contributed by atoms with Crippen LogP contribution in [0.4, 0.5) is 34.1 Å². The first-order chi connectivity index (χ1) is 21.8. The molecular weight excluding hydrogens is 532 g/mol. The fraction of sp³-hybridized carbons (Fsp3) is 0.143. The van der Waals surface area contributed by atoms with Crippen molar-refractivity contribution < 1.29 is 0 Å².